The van der Waals surface area contributed by atoms with E-state index in [1.54, 1.807) is 19.1 Å². The molecule has 0 aliphatic heterocycles. The minimum absolute atomic E-state index is 0.0935. The first-order valence-electron chi connectivity index (χ1n) is 5.00. The summed E-state index contributed by atoms with van der Waals surface area (Å²) in [5.74, 6) is -0.481. The molecule has 0 aliphatic carbocycles. The molecule has 1 N–H and O–H groups in total. The number of carbonyl (C=O) groups excluding carboxylic acids is 1. The lowest BCUT2D eigenvalue weighted by Crippen LogP contribution is -2.32. The second kappa shape index (κ2) is 6.07. The number of ether oxygens (including phenoxy) is 1. The summed E-state index contributed by atoms with van der Waals surface area (Å²) >= 11 is 0. The van der Waals surface area contributed by atoms with E-state index < -0.39 is 11.9 Å². The molecule has 0 radical (unpaired) electrons. The monoisotopic (exact) mass is 227 g/mol. The molecule has 0 aliphatic rings. The number of amides is 1. The number of anilines is 1. The highest BCUT2D eigenvalue weighted by molar-refractivity contribution is 5.87. The molecule has 0 fully saturated rings. The predicted molar refractivity (Wildman–Crippen MR) is 57.9 cm³/mol. The third kappa shape index (κ3) is 2.93. The molecular formula is C11H14FNO3. The molecule has 0 atom stereocenters. The van der Waals surface area contributed by atoms with Gasteiger partial charge in [-0.1, -0.05) is 12.1 Å². The fraction of sp³-hybridized carbons (Fsp3) is 0.364. The van der Waals surface area contributed by atoms with Crippen molar-refractivity contribution in [2.24, 2.45) is 0 Å². The number of hydrogen-bond acceptors (Lipinski definition) is 3. The van der Waals surface area contributed by atoms with Gasteiger partial charge in [0.15, 0.2) is 0 Å². The fourth-order valence-electron chi connectivity index (χ4n) is 1.28. The van der Waals surface area contributed by atoms with Gasteiger partial charge in [-0.15, -0.1) is 0 Å². The van der Waals surface area contributed by atoms with E-state index in [0.717, 1.165) is 0 Å². The van der Waals surface area contributed by atoms with Crippen molar-refractivity contribution in [3.8, 4) is 0 Å². The zero-order valence-electron chi connectivity index (χ0n) is 9.02. The van der Waals surface area contributed by atoms with E-state index in [9.17, 15) is 9.18 Å². The highest BCUT2D eigenvalue weighted by atomic mass is 19.1. The minimum Gasteiger partial charge on any atom is -0.447 e. The van der Waals surface area contributed by atoms with E-state index in [1.165, 1.54) is 17.0 Å². The van der Waals surface area contributed by atoms with Crippen LogP contribution < -0.4 is 4.90 Å². The maximum atomic E-state index is 13.4. The van der Waals surface area contributed by atoms with Gasteiger partial charge in [0, 0.05) is 6.54 Å². The van der Waals surface area contributed by atoms with Crippen molar-refractivity contribution in [1.29, 1.82) is 0 Å². The molecule has 5 heteroatoms. The van der Waals surface area contributed by atoms with Gasteiger partial charge in [0.2, 0.25) is 0 Å². The van der Waals surface area contributed by atoms with Crippen molar-refractivity contribution < 1.29 is 19.0 Å². The van der Waals surface area contributed by atoms with Crippen LogP contribution in [0.4, 0.5) is 14.9 Å². The molecule has 0 saturated carbocycles. The first-order chi connectivity index (χ1) is 7.70. The average molecular weight is 227 g/mol. The molecule has 88 valence electrons. The standard InChI is InChI=1S/C11H14FNO3/c1-2-13(11(15)16-8-7-14)10-6-4-3-5-9(10)12/h3-6,14H,2,7-8H2,1H3. The van der Waals surface area contributed by atoms with Crippen LogP contribution in [-0.2, 0) is 4.74 Å². The quantitative estimate of drug-likeness (QED) is 0.853. The molecule has 1 amide bonds. The second-order valence-corrected chi connectivity index (χ2v) is 3.03. The maximum absolute atomic E-state index is 13.4. The van der Waals surface area contributed by atoms with Crippen LogP contribution in [0.15, 0.2) is 24.3 Å². The lowest BCUT2D eigenvalue weighted by atomic mass is 10.3. The summed E-state index contributed by atoms with van der Waals surface area (Å²) in [6, 6.07) is 5.96. The van der Waals surface area contributed by atoms with Crippen LogP contribution in [0, 0.1) is 5.82 Å². The van der Waals surface area contributed by atoms with Crippen LogP contribution >= 0.6 is 0 Å². The Morgan fingerprint density at radius 3 is 2.75 bits per heavy atom. The number of rotatable bonds is 4. The maximum Gasteiger partial charge on any atom is 0.414 e. The lowest BCUT2D eigenvalue weighted by Gasteiger charge is -2.20. The molecular weight excluding hydrogens is 213 g/mol. The van der Waals surface area contributed by atoms with Crippen molar-refractivity contribution >= 4 is 11.8 Å². The zero-order valence-corrected chi connectivity index (χ0v) is 9.02. The largest absolute Gasteiger partial charge is 0.447 e. The first kappa shape index (κ1) is 12.4. The SMILES string of the molecule is CCN(C(=O)OCCO)c1ccccc1F. The summed E-state index contributed by atoms with van der Waals surface area (Å²) in [6.45, 7) is 1.67. The average Bonchev–Trinajstić information content (AvgIpc) is 2.30. The Labute approximate surface area is 93.3 Å². The number of nitrogens with zero attached hydrogens (tertiary/aromatic N) is 1. The molecule has 1 aromatic rings. The van der Waals surface area contributed by atoms with Crippen LogP contribution in [0.5, 0.6) is 0 Å². The Hall–Kier alpha value is -1.62. The van der Waals surface area contributed by atoms with Crippen molar-refractivity contribution in [1.82, 2.24) is 0 Å². The number of hydrogen-bond donors (Lipinski definition) is 1. The molecule has 0 heterocycles. The lowest BCUT2D eigenvalue weighted by molar-refractivity contribution is 0.125. The topological polar surface area (TPSA) is 49.8 Å². The van der Waals surface area contributed by atoms with Crippen molar-refractivity contribution in [3.63, 3.8) is 0 Å². The van der Waals surface area contributed by atoms with E-state index in [0.29, 0.717) is 6.54 Å². The van der Waals surface area contributed by atoms with Crippen LogP contribution in [0.25, 0.3) is 0 Å². The Morgan fingerprint density at radius 2 is 2.19 bits per heavy atom. The Bertz CT molecular complexity index is 357. The Balaban J connectivity index is 2.82. The molecule has 4 nitrogen and oxygen atoms in total. The summed E-state index contributed by atoms with van der Waals surface area (Å²) in [6.07, 6.45) is -0.665. The van der Waals surface area contributed by atoms with Crippen molar-refractivity contribution in [2.45, 2.75) is 6.92 Å². The summed E-state index contributed by atoms with van der Waals surface area (Å²) in [7, 11) is 0. The van der Waals surface area contributed by atoms with Gasteiger partial charge in [-0.2, -0.15) is 0 Å². The van der Waals surface area contributed by atoms with Crippen LogP contribution in [0.1, 0.15) is 6.92 Å². The smallest absolute Gasteiger partial charge is 0.414 e. The Morgan fingerprint density at radius 1 is 1.50 bits per heavy atom. The second-order valence-electron chi connectivity index (χ2n) is 3.03. The van der Waals surface area contributed by atoms with E-state index in [4.69, 9.17) is 9.84 Å². The molecule has 16 heavy (non-hydrogen) atoms. The van der Waals surface area contributed by atoms with E-state index >= 15 is 0 Å². The normalized spacial score (nSPS) is 9.94. The van der Waals surface area contributed by atoms with Crippen LogP contribution in [-0.4, -0.2) is 31.0 Å². The summed E-state index contributed by atoms with van der Waals surface area (Å²) in [5, 5.41) is 8.52. The summed E-state index contributed by atoms with van der Waals surface area (Å²) in [5.41, 5.74) is 0.174. The highest BCUT2D eigenvalue weighted by Gasteiger charge is 2.17. The number of carbonyl (C=O) groups is 1. The van der Waals surface area contributed by atoms with Crippen molar-refractivity contribution in [3.05, 3.63) is 30.1 Å². The fourth-order valence-corrected chi connectivity index (χ4v) is 1.28. The van der Waals surface area contributed by atoms with Crippen molar-refractivity contribution in [2.75, 3.05) is 24.7 Å². The van der Waals surface area contributed by atoms with Gasteiger partial charge in [-0.05, 0) is 19.1 Å². The first-order valence-corrected chi connectivity index (χ1v) is 5.00. The van der Waals surface area contributed by atoms with E-state index in [-0.39, 0.29) is 18.9 Å². The third-order valence-corrected chi connectivity index (χ3v) is 2.00. The number of halogens is 1. The van der Waals surface area contributed by atoms with Gasteiger partial charge >= 0.3 is 6.09 Å². The molecule has 1 rings (SSSR count). The number of benzene rings is 1. The van der Waals surface area contributed by atoms with E-state index in [2.05, 4.69) is 0 Å². The number of aliphatic hydroxyl groups is 1. The molecule has 0 aromatic heterocycles. The van der Waals surface area contributed by atoms with Gasteiger partial charge in [-0.25, -0.2) is 9.18 Å². The van der Waals surface area contributed by atoms with Crippen LogP contribution in [0.2, 0.25) is 0 Å². The van der Waals surface area contributed by atoms with Gasteiger partial charge in [0.25, 0.3) is 0 Å². The molecule has 0 bridgehead atoms. The molecule has 0 saturated heterocycles. The molecule has 0 unspecified atom stereocenters. The van der Waals surface area contributed by atoms with Gasteiger partial charge in [0.05, 0.1) is 12.3 Å². The molecule has 0 spiro atoms. The summed E-state index contributed by atoms with van der Waals surface area (Å²) < 4.78 is 18.1. The zero-order chi connectivity index (χ0) is 12.0. The van der Waals surface area contributed by atoms with Gasteiger partial charge < -0.3 is 9.84 Å². The van der Waals surface area contributed by atoms with E-state index in [1.807, 2.05) is 0 Å². The van der Waals surface area contributed by atoms with Crippen LogP contribution in [0.3, 0.4) is 0 Å². The summed E-state index contributed by atoms with van der Waals surface area (Å²) in [4.78, 5) is 12.7. The highest BCUT2D eigenvalue weighted by Crippen LogP contribution is 2.19. The predicted octanol–water partition coefficient (Wildman–Crippen LogP) is 1.78. The van der Waals surface area contributed by atoms with Gasteiger partial charge in [-0.3, -0.25) is 4.90 Å². The minimum atomic E-state index is -0.665. The number of para-hydroxylation sites is 1. The Kier molecular flexibility index (Phi) is 4.72. The number of aliphatic hydroxyl groups excluding tert-OH is 1. The third-order valence-electron chi connectivity index (χ3n) is 2.00. The van der Waals surface area contributed by atoms with Gasteiger partial charge in [0.1, 0.15) is 12.4 Å². The molecule has 1 aromatic carbocycles.